The largest absolute Gasteiger partial charge is 0.491 e. The summed E-state index contributed by atoms with van der Waals surface area (Å²) >= 11 is 0. The number of hydrogen-bond acceptors (Lipinski definition) is 2. The van der Waals surface area contributed by atoms with Crippen LogP contribution in [0.2, 0.25) is 0 Å². The van der Waals surface area contributed by atoms with Gasteiger partial charge in [0, 0.05) is 11.8 Å². The highest BCUT2D eigenvalue weighted by molar-refractivity contribution is 5.35. The molecule has 2 unspecified atom stereocenters. The Hall–Kier alpha value is -2.50. The smallest absolute Gasteiger partial charge is 0.200 e. The van der Waals surface area contributed by atoms with E-state index in [0.717, 1.165) is 6.42 Å². The molecule has 0 fully saturated rings. The highest BCUT2D eigenvalue weighted by Gasteiger charge is 2.24. The lowest BCUT2D eigenvalue weighted by molar-refractivity contribution is 0.246. The summed E-state index contributed by atoms with van der Waals surface area (Å²) in [5.41, 5.74) is 0.624. The Balaban J connectivity index is 1.63. The third kappa shape index (κ3) is 4.79. The van der Waals surface area contributed by atoms with Crippen molar-refractivity contribution in [3.63, 3.8) is 0 Å². The van der Waals surface area contributed by atoms with Crippen molar-refractivity contribution in [2.45, 2.75) is 45.4 Å². The van der Waals surface area contributed by atoms with Crippen LogP contribution in [-0.4, -0.2) is 13.2 Å². The lowest BCUT2D eigenvalue weighted by Gasteiger charge is -2.24. The standard InChI is InChI=1S/C24H26F4O2/c1-3-5-17-10-12-20(23(27)21(17)25)30-14-15-6-8-16(9-7-15)18-11-13-19(29-4-2)24(28)22(18)26/h6,8,10-13,15-16H,3-5,7,9,14H2,1-2H3. The van der Waals surface area contributed by atoms with Gasteiger partial charge in [-0.05, 0) is 49.4 Å². The number of allylic oxidation sites excluding steroid dienone is 1. The van der Waals surface area contributed by atoms with Crippen molar-refractivity contribution < 1.29 is 27.0 Å². The molecule has 0 saturated carbocycles. The van der Waals surface area contributed by atoms with Gasteiger partial charge in [0.25, 0.3) is 0 Å². The fourth-order valence-electron chi connectivity index (χ4n) is 3.72. The van der Waals surface area contributed by atoms with Gasteiger partial charge in [0.2, 0.25) is 11.6 Å². The monoisotopic (exact) mass is 422 g/mol. The van der Waals surface area contributed by atoms with Crippen LogP contribution in [0.15, 0.2) is 36.4 Å². The molecule has 162 valence electrons. The number of aryl methyl sites for hydroxylation is 1. The van der Waals surface area contributed by atoms with Gasteiger partial charge in [-0.2, -0.15) is 8.78 Å². The molecule has 0 aromatic heterocycles. The summed E-state index contributed by atoms with van der Waals surface area (Å²) < 4.78 is 67.4. The molecule has 0 aliphatic heterocycles. The second-order valence-corrected chi connectivity index (χ2v) is 7.45. The summed E-state index contributed by atoms with van der Waals surface area (Å²) in [5, 5.41) is 0. The molecule has 30 heavy (non-hydrogen) atoms. The molecule has 0 heterocycles. The first-order valence-electron chi connectivity index (χ1n) is 10.3. The minimum absolute atomic E-state index is 0.0189. The predicted molar refractivity (Wildman–Crippen MR) is 108 cm³/mol. The average Bonchev–Trinajstić information content (AvgIpc) is 2.75. The minimum Gasteiger partial charge on any atom is -0.491 e. The molecule has 0 radical (unpaired) electrons. The Morgan fingerprint density at radius 1 is 0.800 bits per heavy atom. The molecule has 0 spiro atoms. The van der Waals surface area contributed by atoms with E-state index >= 15 is 0 Å². The van der Waals surface area contributed by atoms with Gasteiger partial charge in [-0.3, -0.25) is 0 Å². The van der Waals surface area contributed by atoms with E-state index in [2.05, 4.69) is 0 Å². The normalized spacial score (nSPS) is 18.5. The number of rotatable bonds is 8. The molecule has 1 aliphatic rings. The van der Waals surface area contributed by atoms with Crippen LogP contribution in [-0.2, 0) is 6.42 Å². The molecule has 1 aliphatic carbocycles. The SMILES string of the molecule is CCCc1ccc(OCC2C=CC(c3ccc(OCC)c(F)c3F)CC2)c(F)c1F. The third-order valence-corrected chi connectivity index (χ3v) is 5.34. The van der Waals surface area contributed by atoms with Crippen molar-refractivity contribution >= 4 is 0 Å². The average molecular weight is 422 g/mol. The van der Waals surface area contributed by atoms with Crippen LogP contribution in [0.3, 0.4) is 0 Å². The summed E-state index contributed by atoms with van der Waals surface area (Å²) in [7, 11) is 0. The van der Waals surface area contributed by atoms with E-state index in [-0.39, 0.29) is 42.1 Å². The van der Waals surface area contributed by atoms with Crippen molar-refractivity contribution in [1.82, 2.24) is 0 Å². The topological polar surface area (TPSA) is 18.5 Å². The zero-order valence-electron chi connectivity index (χ0n) is 17.2. The van der Waals surface area contributed by atoms with Gasteiger partial charge in [0.05, 0.1) is 13.2 Å². The van der Waals surface area contributed by atoms with Crippen LogP contribution in [0, 0.1) is 29.2 Å². The first-order valence-corrected chi connectivity index (χ1v) is 10.3. The molecule has 2 nitrogen and oxygen atoms in total. The number of ether oxygens (including phenoxy) is 2. The lowest BCUT2D eigenvalue weighted by atomic mass is 9.84. The van der Waals surface area contributed by atoms with E-state index in [1.54, 1.807) is 19.1 Å². The molecule has 0 bridgehead atoms. The van der Waals surface area contributed by atoms with Crippen LogP contribution in [0.4, 0.5) is 17.6 Å². The molecule has 6 heteroatoms. The first kappa shape index (κ1) is 22.2. The van der Waals surface area contributed by atoms with Crippen LogP contribution in [0.5, 0.6) is 11.5 Å². The second kappa shape index (κ2) is 10.0. The summed E-state index contributed by atoms with van der Waals surface area (Å²) in [6.07, 6.45) is 6.13. The molecule has 3 rings (SSSR count). The molecule has 2 aromatic carbocycles. The molecule has 0 amide bonds. The maximum Gasteiger partial charge on any atom is 0.200 e. The van der Waals surface area contributed by atoms with E-state index in [1.807, 2.05) is 19.1 Å². The Morgan fingerprint density at radius 2 is 1.50 bits per heavy atom. The van der Waals surface area contributed by atoms with Crippen LogP contribution in [0.25, 0.3) is 0 Å². The lowest BCUT2D eigenvalue weighted by Crippen LogP contribution is -2.16. The maximum atomic E-state index is 14.4. The van der Waals surface area contributed by atoms with Gasteiger partial charge in [0.1, 0.15) is 0 Å². The Morgan fingerprint density at radius 3 is 2.17 bits per heavy atom. The van der Waals surface area contributed by atoms with Crippen molar-refractivity contribution in [1.29, 1.82) is 0 Å². The van der Waals surface area contributed by atoms with E-state index in [9.17, 15) is 17.6 Å². The summed E-state index contributed by atoms with van der Waals surface area (Å²) in [4.78, 5) is 0. The zero-order valence-corrected chi connectivity index (χ0v) is 17.2. The van der Waals surface area contributed by atoms with Gasteiger partial charge in [-0.1, -0.05) is 37.6 Å². The van der Waals surface area contributed by atoms with Crippen LogP contribution in [0.1, 0.15) is 50.2 Å². The van der Waals surface area contributed by atoms with E-state index in [0.29, 0.717) is 24.8 Å². The number of benzene rings is 2. The quantitative estimate of drug-likeness (QED) is 0.347. The summed E-state index contributed by atoms with van der Waals surface area (Å²) in [6, 6.07) is 6.00. The van der Waals surface area contributed by atoms with Gasteiger partial charge >= 0.3 is 0 Å². The van der Waals surface area contributed by atoms with Gasteiger partial charge in [-0.25, -0.2) is 8.78 Å². The Labute approximate surface area is 174 Å². The van der Waals surface area contributed by atoms with Gasteiger partial charge < -0.3 is 9.47 Å². The van der Waals surface area contributed by atoms with Crippen LogP contribution >= 0.6 is 0 Å². The predicted octanol–water partition coefficient (Wildman–Crippen LogP) is 6.72. The van der Waals surface area contributed by atoms with Crippen molar-refractivity contribution in [2.75, 3.05) is 13.2 Å². The molecule has 0 saturated heterocycles. The number of halogens is 4. The Bertz CT molecular complexity index is 911. The fraction of sp³-hybridized carbons (Fsp3) is 0.417. The van der Waals surface area contributed by atoms with Gasteiger partial charge in [0.15, 0.2) is 23.1 Å². The molecule has 2 aromatic rings. The highest BCUT2D eigenvalue weighted by Crippen LogP contribution is 2.35. The second-order valence-electron chi connectivity index (χ2n) is 7.45. The van der Waals surface area contributed by atoms with E-state index in [4.69, 9.17) is 9.47 Å². The van der Waals surface area contributed by atoms with Crippen LogP contribution < -0.4 is 9.47 Å². The highest BCUT2D eigenvalue weighted by atomic mass is 19.2. The van der Waals surface area contributed by atoms with Crippen molar-refractivity contribution in [2.24, 2.45) is 5.92 Å². The van der Waals surface area contributed by atoms with Crippen molar-refractivity contribution in [3.8, 4) is 11.5 Å². The molecule has 0 N–H and O–H groups in total. The Kier molecular flexibility index (Phi) is 7.40. The summed E-state index contributed by atoms with van der Waals surface area (Å²) in [6.45, 7) is 4.05. The van der Waals surface area contributed by atoms with Crippen molar-refractivity contribution in [3.05, 3.63) is 70.8 Å². The molecule has 2 atom stereocenters. The third-order valence-electron chi connectivity index (χ3n) is 5.34. The first-order chi connectivity index (χ1) is 14.5. The molecular weight excluding hydrogens is 396 g/mol. The fourth-order valence-corrected chi connectivity index (χ4v) is 3.72. The minimum atomic E-state index is -0.975. The van der Waals surface area contributed by atoms with E-state index < -0.39 is 23.3 Å². The maximum absolute atomic E-state index is 14.4. The van der Waals surface area contributed by atoms with E-state index in [1.165, 1.54) is 12.1 Å². The summed E-state index contributed by atoms with van der Waals surface area (Å²) in [5.74, 6) is -4.17. The number of hydrogen-bond donors (Lipinski definition) is 0. The zero-order chi connectivity index (χ0) is 21.7. The van der Waals surface area contributed by atoms with Gasteiger partial charge in [-0.15, -0.1) is 0 Å². The molecular formula is C24H26F4O2.